The topological polar surface area (TPSA) is 70.7 Å². The Kier molecular flexibility index (Phi) is 7.40. The van der Waals surface area contributed by atoms with Gasteiger partial charge < -0.3 is 15.4 Å². The van der Waals surface area contributed by atoms with Crippen molar-refractivity contribution in [1.82, 2.24) is 10.2 Å². The van der Waals surface area contributed by atoms with Crippen molar-refractivity contribution >= 4 is 17.5 Å². The molecule has 1 aliphatic rings. The molecule has 1 aliphatic heterocycles. The second kappa shape index (κ2) is 9.53. The molecule has 1 unspecified atom stereocenters. The average molecular weight is 347 g/mol. The number of carbonyl (C=O) groups excluding carboxylic acids is 2. The highest BCUT2D eigenvalue weighted by Gasteiger charge is 2.24. The zero-order valence-electron chi connectivity index (χ0n) is 15.4. The molecule has 1 saturated heterocycles. The van der Waals surface area contributed by atoms with Gasteiger partial charge in [0.1, 0.15) is 0 Å². The van der Waals surface area contributed by atoms with E-state index in [0.717, 1.165) is 38.0 Å². The van der Waals surface area contributed by atoms with Gasteiger partial charge in [0.25, 0.3) is 0 Å². The van der Waals surface area contributed by atoms with Crippen LogP contribution in [0.15, 0.2) is 24.3 Å². The number of hydrogen-bond donors (Lipinski definition) is 2. The highest BCUT2D eigenvalue weighted by molar-refractivity contribution is 6.39. The van der Waals surface area contributed by atoms with Crippen LogP contribution in [0, 0.1) is 0 Å². The van der Waals surface area contributed by atoms with E-state index in [1.807, 2.05) is 24.3 Å². The van der Waals surface area contributed by atoms with Gasteiger partial charge in [-0.15, -0.1) is 0 Å². The number of anilines is 1. The number of methoxy groups -OCH3 is 1. The summed E-state index contributed by atoms with van der Waals surface area (Å²) in [5.41, 5.74) is 1.72. The van der Waals surface area contributed by atoms with Gasteiger partial charge >= 0.3 is 11.8 Å². The fourth-order valence-electron chi connectivity index (χ4n) is 3.14. The first-order valence-corrected chi connectivity index (χ1v) is 8.93. The summed E-state index contributed by atoms with van der Waals surface area (Å²) in [6.45, 7) is 7.39. The van der Waals surface area contributed by atoms with Crippen LogP contribution in [0.25, 0.3) is 0 Å². The van der Waals surface area contributed by atoms with Crippen LogP contribution in [0.5, 0.6) is 0 Å². The van der Waals surface area contributed by atoms with E-state index >= 15 is 0 Å². The molecular weight excluding hydrogens is 318 g/mol. The minimum absolute atomic E-state index is 0.00389. The Bertz CT molecular complexity index is 589. The Balaban J connectivity index is 1.89. The van der Waals surface area contributed by atoms with Crippen LogP contribution < -0.4 is 10.6 Å². The number of amides is 2. The number of nitrogens with zero attached hydrogens (tertiary/aromatic N) is 1. The van der Waals surface area contributed by atoms with Crippen molar-refractivity contribution in [3.8, 4) is 0 Å². The number of nitrogens with one attached hydrogen (secondary N) is 2. The summed E-state index contributed by atoms with van der Waals surface area (Å²) in [6.07, 6.45) is 1.90. The maximum atomic E-state index is 12.3. The van der Waals surface area contributed by atoms with Crippen LogP contribution in [0.4, 0.5) is 5.69 Å². The van der Waals surface area contributed by atoms with Crippen molar-refractivity contribution in [1.29, 1.82) is 0 Å². The number of likely N-dealkylation sites (tertiary alicyclic amines) is 1. The summed E-state index contributed by atoms with van der Waals surface area (Å²) in [5.74, 6) is -0.911. The van der Waals surface area contributed by atoms with E-state index in [1.165, 1.54) is 0 Å². The van der Waals surface area contributed by atoms with Gasteiger partial charge in [0.05, 0.1) is 6.61 Å². The number of ether oxygens (including phenoxy) is 1. The van der Waals surface area contributed by atoms with Gasteiger partial charge in [0, 0.05) is 31.9 Å². The highest BCUT2D eigenvalue weighted by atomic mass is 16.5. The molecule has 1 atom stereocenters. The molecule has 1 aromatic rings. The van der Waals surface area contributed by atoms with Crippen LogP contribution in [0.1, 0.15) is 38.2 Å². The smallest absolute Gasteiger partial charge is 0.313 e. The molecule has 0 aliphatic carbocycles. The molecule has 1 heterocycles. The van der Waals surface area contributed by atoms with Crippen molar-refractivity contribution in [2.45, 2.75) is 38.6 Å². The quantitative estimate of drug-likeness (QED) is 0.772. The van der Waals surface area contributed by atoms with Gasteiger partial charge in [-0.3, -0.25) is 14.5 Å². The number of rotatable bonds is 6. The van der Waals surface area contributed by atoms with Crippen LogP contribution in [0.2, 0.25) is 0 Å². The molecule has 2 rings (SSSR count). The molecular formula is C19H29N3O3. The lowest BCUT2D eigenvalue weighted by Crippen LogP contribution is -2.50. The van der Waals surface area contributed by atoms with Gasteiger partial charge in [0.15, 0.2) is 0 Å². The summed E-state index contributed by atoms with van der Waals surface area (Å²) in [5, 5.41) is 5.60. The number of hydrogen-bond acceptors (Lipinski definition) is 4. The molecule has 2 N–H and O–H groups in total. The third-order valence-corrected chi connectivity index (χ3v) is 4.49. The third kappa shape index (κ3) is 5.83. The Labute approximate surface area is 149 Å². The van der Waals surface area contributed by atoms with E-state index in [1.54, 1.807) is 7.11 Å². The molecule has 2 amide bonds. The first kappa shape index (κ1) is 19.4. The van der Waals surface area contributed by atoms with Crippen LogP contribution in [-0.2, 0) is 14.3 Å². The van der Waals surface area contributed by atoms with E-state index in [-0.39, 0.29) is 12.0 Å². The molecule has 1 fully saturated rings. The molecule has 138 valence electrons. The van der Waals surface area contributed by atoms with Gasteiger partial charge in [-0.2, -0.15) is 0 Å². The first-order valence-electron chi connectivity index (χ1n) is 8.93. The summed E-state index contributed by atoms with van der Waals surface area (Å²) in [4.78, 5) is 26.8. The summed E-state index contributed by atoms with van der Waals surface area (Å²) in [7, 11) is 1.68. The minimum atomic E-state index is -0.609. The molecule has 1 aromatic carbocycles. The van der Waals surface area contributed by atoms with E-state index in [2.05, 4.69) is 29.4 Å². The fraction of sp³-hybridized carbons (Fsp3) is 0.579. The zero-order valence-corrected chi connectivity index (χ0v) is 15.4. The predicted molar refractivity (Wildman–Crippen MR) is 98.6 cm³/mol. The molecule has 6 heteroatoms. The molecule has 0 saturated carbocycles. The van der Waals surface area contributed by atoms with Crippen molar-refractivity contribution in [3.63, 3.8) is 0 Å². The van der Waals surface area contributed by atoms with Gasteiger partial charge in [-0.05, 0) is 36.9 Å². The van der Waals surface area contributed by atoms with Crippen molar-refractivity contribution < 1.29 is 14.3 Å². The van der Waals surface area contributed by atoms with Crippen LogP contribution in [-0.4, -0.2) is 56.1 Å². The van der Waals surface area contributed by atoms with Crippen molar-refractivity contribution in [3.05, 3.63) is 29.8 Å². The number of piperidine rings is 1. The molecule has 0 bridgehead atoms. The standard InChI is InChI=1S/C19H29N3O3/c1-14(2)16-8-4-5-9-17(16)21-19(24)18(23)20-15-7-6-10-22(13-15)11-12-25-3/h4-5,8-9,14-15H,6-7,10-13H2,1-3H3,(H,20,23)(H,21,24). The summed E-state index contributed by atoms with van der Waals surface area (Å²) in [6, 6.07) is 7.58. The average Bonchev–Trinajstić information content (AvgIpc) is 2.60. The molecule has 0 radical (unpaired) electrons. The predicted octanol–water partition coefficient (Wildman–Crippen LogP) is 1.98. The lowest BCUT2D eigenvalue weighted by Gasteiger charge is -2.32. The van der Waals surface area contributed by atoms with Crippen LogP contribution >= 0.6 is 0 Å². The van der Waals surface area contributed by atoms with Crippen molar-refractivity contribution in [2.24, 2.45) is 0 Å². The lowest BCUT2D eigenvalue weighted by molar-refractivity contribution is -0.136. The highest BCUT2D eigenvalue weighted by Crippen LogP contribution is 2.23. The molecule has 0 spiro atoms. The van der Waals surface area contributed by atoms with E-state index < -0.39 is 11.8 Å². The molecule has 25 heavy (non-hydrogen) atoms. The monoisotopic (exact) mass is 347 g/mol. The SMILES string of the molecule is COCCN1CCCC(NC(=O)C(=O)Nc2ccccc2C(C)C)C1. The van der Waals surface area contributed by atoms with E-state index in [0.29, 0.717) is 12.3 Å². The second-order valence-electron chi connectivity index (χ2n) is 6.80. The maximum absolute atomic E-state index is 12.3. The summed E-state index contributed by atoms with van der Waals surface area (Å²) < 4.78 is 5.10. The Morgan fingerprint density at radius 3 is 2.76 bits per heavy atom. The largest absolute Gasteiger partial charge is 0.383 e. The fourth-order valence-corrected chi connectivity index (χ4v) is 3.14. The second-order valence-corrected chi connectivity index (χ2v) is 6.80. The Morgan fingerprint density at radius 1 is 1.28 bits per heavy atom. The lowest BCUT2D eigenvalue weighted by atomic mass is 10.0. The molecule has 6 nitrogen and oxygen atoms in total. The number of para-hydroxylation sites is 1. The zero-order chi connectivity index (χ0) is 18.2. The van der Waals surface area contributed by atoms with E-state index in [9.17, 15) is 9.59 Å². The number of carbonyl (C=O) groups is 2. The van der Waals surface area contributed by atoms with Gasteiger partial charge in [0.2, 0.25) is 0 Å². The van der Waals surface area contributed by atoms with Gasteiger partial charge in [-0.1, -0.05) is 32.0 Å². The Morgan fingerprint density at radius 2 is 2.04 bits per heavy atom. The maximum Gasteiger partial charge on any atom is 0.313 e. The third-order valence-electron chi connectivity index (χ3n) is 4.49. The van der Waals surface area contributed by atoms with Crippen LogP contribution in [0.3, 0.4) is 0 Å². The molecule has 0 aromatic heterocycles. The number of benzene rings is 1. The minimum Gasteiger partial charge on any atom is -0.383 e. The van der Waals surface area contributed by atoms with Crippen molar-refractivity contribution in [2.75, 3.05) is 38.7 Å². The first-order chi connectivity index (χ1) is 12.0. The van der Waals surface area contributed by atoms with Gasteiger partial charge in [-0.25, -0.2) is 0 Å². The summed E-state index contributed by atoms with van der Waals surface area (Å²) >= 11 is 0. The normalized spacial score (nSPS) is 18.2. The Hall–Kier alpha value is -1.92. The van der Waals surface area contributed by atoms with E-state index in [4.69, 9.17) is 4.74 Å².